The average Bonchev–Trinajstić information content (AvgIpc) is 2.87. The van der Waals surface area contributed by atoms with E-state index < -0.39 is 0 Å². The third-order valence-electron chi connectivity index (χ3n) is 4.04. The Bertz CT molecular complexity index is 880. The molecule has 2 aromatic carbocycles. The van der Waals surface area contributed by atoms with Crippen LogP contribution in [-0.4, -0.2) is 10.8 Å². The Morgan fingerprint density at radius 3 is 2.57 bits per heavy atom. The second-order valence-corrected chi connectivity index (χ2v) is 5.66. The molecule has 0 unspecified atom stereocenters. The molecule has 1 aromatic heterocycles. The number of hydrogen-bond acceptors (Lipinski definition) is 1. The summed E-state index contributed by atoms with van der Waals surface area (Å²) in [5.41, 5.74) is 4.43. The molecule has 4 rings (SSSR count). The van der Waals surface area contributed by atoms with Gasteiger partial charge in [0.05, 0.1) is 10.5 Å². The Morgan fingerprint density at radius 1 is 1.05 bits per heavy atom. The molecule has 0 aliphatic heterocycles. The van der Waals surface area contributed by atoms with Gasteiger partial charge in [-0.15, -0.1) is 0 Å². The highest BCUT2D eigenvalue weighted by molar-refractivity contribution is 6.36. The van der Waals surface area contributed by atoms with Gasteiger partial charge in [-0.1, -0.05) is 11.6 Å². The van der Waals surface area contributed by atoms with Gasteiger partial charge >= 0.3 is 0 Å². The number of aryl methyl sites for hydroxylation is 1. The van der Waals surface area contributed by atoms with Crippen LogP contribution in [0.3, 0.4) is 0 Å². The molecule has 104 valence electrons. The second-order valence-electron chi connectivity index (χ2n) is 5.25. The van der Waals surface area contributed by atoms with E-state index in [-0.39, 0.29) is 11.6 Å². The van der Waals surface area contributed by atoms with Crippen LogP contribution in [0.1, 0.15) is 22.3 Å². The van der Waals surface area contributed by atoms with Crippen molar-refractivity contribution in [3.63, 3.8) is 0 Å². The van der Waals surface area contributed by atoms with Crippen LogP contribution < -0.4 is 0 Å². The van der Waals surface area contributed by atoms with E-state index in [9.17, 15) is 9.18 Å². The van der Waals surface area contributed by atoms with Gasteiger partial charge in [0.25, 0.3) is 0 Å². The Morgan fingerprint density at radius 2 is 1.81 bits per heavy atom. The molecule has 0 amide bonds. The van der Waals surface area contributed by atoms with Crippen molar-refractivity contribution in [2.45, 2.75) is 12.8 Å². The number of aromatic nitrogens is 1. The number of nitrogens with one attached hydrogen (secondary N) is 1. The zero-order chi connectivity index (χ0) is 14.6. The molecule has 4 heteroatoms. The highest BCUT2D eigenvalue weighted by Crippen LogP contribution is 2.39. The van der Waals surface area contributed by atoms with Crippen LogP contribution in [0.2, 0.25) is 5.02 Å². The molecular formula is C17H11ClFNO. The maximum absolute atomic E-state index is 13.1. The van der Waals surface area contributed by atoms with Crippen LogP contribution >= 0.6 is 11.6 Å². The largest absolute Gasteiger partial charge is 0.353 e. The lowest BCUT2D eigenvalue weighted by Gasteiger charge is -2.13. The number of rotatable bonds is 1. The average molecular weight is 300 g/mol. The van der Waals surface area contributed by atoms with Crippen LogP contribution in [0, 0.1) is 5.82 Å². The summed E-state index contributed by atoms with van der Waals surface area (Å²) in [6.45, 7) is 0. The highest BCUT2D eigenvalue weighted by atomic mass is 35.5. The summed E-state index contributed by atoms with van der Waals surface area (Å²) >= 11 is 6.25. The summed E-state index contributed by atoms with van der Waals surface area (Å²) in [4.78, 5) is 15.4. The summed E-state index contributed by atoms with van der Waals surface area (Å²) < 4.78 is 13.1. The van der Waals surface area contributed by atoms with Crippen LogP contribution in [0.25, 0.3) is 22.2 Å². The Kier molecular flexibility index (Phi) is 2.66. The first-order valence-electron chi connectivity index (χ1n) is 6.77. The van der Waals surface area contributed by atoms with Crippen molar-refractivity contribution in [3.05, 3.63) is 58.4 Å². The predicted octanol–water partition coefficient (Wildman–Crippen LogP) is 4.76. The van der Waals surface area contributed by atoms with Crippen molar-refractivity contribution >= 4 is 28.3 Å². The van der Waals surface area contributed by atoms with Crippen LogP contribution in [-0.2, 0) is 6.42 Å². The summed E-state index contributed by atoms with van der Waals surface area (Å²) in [5, 5.41) is 1.51. The van der Waals surface area contributed by atoms with E-state index in [0.29, 0.717) is 17.9 Å². The molecule has 0 bridgehead atoms. The van der Waals surface area contributed by atoms with E-state index in [1.807, 2.05) is 0 Å². The van der Waals surface area contributed by atoms with Crippen LogP contribution in [0.5, 0.6) is 0 Å². The zero-order valence-corrected chi connectivity index (χ0v) is 11.8. The van der Waals surface area contributed by atoms with Gasteiger partial charge in [0.2, 0.25) is 0 Å². The third kappa shape index (κ3) is 1.81. The van der Waals surface area contributed by atoms with Gasteiger partial charge in [-0.3, -0.25) is 4.79 Å². The van der Waals surface area contributed by atoms with Crippen molar-refractivity contribution in [3.8, 4) is 11.3 Å². The first kappa shape index (κ1) is 12.6. The molecule has 0 fully saturated rings. The molecule has 0 radical (unpaired) electrons. The Labute approximate surface area is 125 Å². The number of carbonyl (C=O) groups excluding carboxylic acids is 1. The molecule has 1 aliphatic rings. The fraction of sp³-hybridized carbons (Fsp3) is 0.118. The zero-order valence-electron chi connectivity index (χ0n) is 11.0. The second kappa shape index (κ2) is 4.43. The first-order valence-corrected chi connectivity index (χ1v) is 7.15. The van der Waals surface area contributed by atoms with Crippen LogP contribution in [0.15, 0.2) is 36.4 Å². The third-order valence-corrected chi connectivity index (χ3v) is 4.36. The number of ketones is 1. The lowest BCUT2D eigenvalue weighted by molar-refractivity contribution is 0.0982. The van der Waals surface area contributed by atoms with Gasteiger partial charge < -0.3 is 4.98 Å². The first-order chi connectivity index (χ1) is 10.1. The summed E-state index contributed by atoms with van der Waals surface area (Å²) in [7, 11) is 0. The minimum atomic E-state index is -0.266. The predicted molar refractivity (Wildman–Crippen MR) is 81.4 cm³/mol. The lowest BCUT2D eigenvalue weighted by atomic mass is 9.89. The lowest BCUT2D eigenvalue weighted by Crippen LogP contribution is -2.08. The standard InChI is InChI=1S/C17H11ClFNO/c18-13-7-5-11-14(21)8-6-12-15(11)17(13)20-16(12)9-1-3-10(19)4-2-9/h1-5,7,20H,6,8H2. The van der Waals surface area contributed by atoms with E-state index in [2.05, 4.69) is 4.98 Å². The topological polar surface area (TPSA) is 32.9 Å². The van der Waals surface area contributed by atoms with E-state index in [4.69, 9.17) is 11.6 Å². The molecule has 3 aromatic rings. The molecule has 21 heavy (non-hydrogen) atoms. The quantitative estimate of drug-likeness (QED) is 0.690. The van der Waals surface area contributed by atoms with E-state index in [0.717, 1.165) is 33.3 Å². The molecule has 1 heterocycles. The molecular weight excluding hydrogens is 289 g/mol. The fourth-order valence-electron chi connectivity index (χ4n) is 3.06. The van der Waals surface area contributed by atoms with Gasteiger partial charge in [-0.25, -0.2) is 4.39 Å². The smallest absolute Gasteiger partial charge is 0.163 e. The number of Topliss-reactive ketones (excluding diaryl/α,β-unsaturated/α-hetero) is 1. The molecule has 0 spiro atoms. The molecule has 1 N–H and O–H groups in total. The fourth-order valence-corrected chi connectivity index (χ4v) is 3.26. The number of aromatic amines is 1. The van der Waals surface area contributed by atoms with E-state index in [1.54, 1.807) is 24.3 Å². The van der Waals surface area contributed by atoms with Crippen molar-refractivity contribution in [1.82, 2.24) is 4.98 Å². The molecule has 2 nitrogen and oxygen atoms in total. The van der Waals surface area contributed by atoms with Gasteiger partial charge in [0, 0.05) is 23.1 Å². The van der Waals surface area contributed by atoms with Gasteiger partial charge in [-0.05, 0) is 53.9 Å². The Hall–Kier alpha value is -2.13. The molecule has 0 atom stereocenters. The number of carbonyl (C=O) groups is 1. The molecule has 1 aliphatic carbocycles. The van der Waals surface area contributed by atoms with Crippen molar-refractivity contribution in [2.75, 3.05) is 0 Å². The summed E-state index contributed by atoms with van der Waals surface area (Å²) in [5.74, 6) is -0.119. The number of halogens is 2. The number of H-pyrrole nitrogens is 1. The monoisotopic (exact) mass is 299 g/mol. The van der Waals surface area contributed by atoms with Gasteiger partial charge in [-0.2, -0.15) is 0 Å². The van der Waals surface area contributed by atoms with E-state index >= 15 is 0 Å². The molecule has 0 saturated heterocycles. The normalized spacial score (nSPS) is 13.9. The van der Waals surface area contributed by atoms with Crippen molar-refractivity contribution in [1.29, 1.82) is 0 Å². The maximum atomic E-state index is 13.1. The SMILES string of the molecule is O=C1CCc2c(-c3ccc(F)cc3)[nH]c3c(Cl)ccc1c23. The van der Waals surface area contributed by atoms with Crippen LogP contribution in [0.4, 0.5) is 4.39 Å². The van der Waals surface area contributed by atoms with Gasteiger partial charge in [0.15, 0.2) is 5.78 Å². The minimum Gasteiger partial charge on any atom is -0.353 e. The van der Waals surface area contributed by atoms with Gasteiger partial charge in [0.1, 0.15) is 5.82 Å². The number of benzene rings is 2. The Balaban J connectivity index is 2.06. The maximum Gasteiger partial charge on any atom is 0.163 e. The highest BCUT2D eigenvalue weighted by Gasteiger charge is 2.25. The number of hydrogen-bond donors (Lipinski definition) is 1. The van der Waals surface area contributed by atoms with Crippen molar-refractivity contribution in [2.24, 2.45) is 0 Å². The van der Waals surface area contributed by atoms with Crippen molar-refractivity contribution < 1.29 is 9.18 Å². The summed E-state index contributed by atoms with van der Waals surface area (Å²) in [6.07, 6.45) is 1.18. The summed E-state index contributed by atoms with van der Waals surface area (Å²) in [6, 6.07) is 9.88. The van der Waals surface area contributed by atoms with E-state index in [1.165, 1.54) is 12.1 Å². The minimum absolute atomic E-state index is 0.147. The molecule has 0 saturated carbocycles.